The van der Waals surface area contributed by atoms with Crippen LogP contribution in [0.3, 0.4) is 0 Å². The lowest BCUT2D eigenvalue weighted by atomic mass is 9.91. The van der Waals surface area contributed by atoms with Crippen LogP contribution in [0.25, 0.3) is 0 Å². The highest BCUT2D eigenvalue weighted by atomic mass is 79.9. The molecule has 3 unspecified atom stereocenters. The van der Waals surface area contributed by atoms with Gasteiger partial charge in [0.25, 0.3) is 0 Å². The van der Waals surface area contributed by atoms with Gasteiger partial charge in [0, 0.05) is 22.3 Å². The van der Waals surface area contributed by atoms with E-state index < -0.39 is 0 Å². The molecule has 0 N–H and O–H groups in total. The van der Waals surface area contributed by atoms with Gasteiger partial charge in [-0.1, -0.05) is 52.6 Å². The molecule has 2 rings (SSSR count). The Bertz CT molecular complexity index is 448. The van der Waals surface area contributed by atoms with Crippen LogP contribution in [0.1, 0.15) is 45.1 Å². The van der Waals surface area contributed by atoms with Crippen LogP contribution >= 0.6 is 31.9 Å². The van der Waals surface area contributed by atoms with Crippen molar-refractivity contribution in [1.82, 2.24) is 0 Å². The molecule has 0 heterocycles. The van der Waals surface area contributed by atoms with Crippen LogP contribution in [-0.4, -0.2) is 23.6 Å². The van der Waals surface area contributed by atoms with Crippen LogP contribution in [0.4, 0.5) is 0 Å². The average Bonchev–Trinajstić information content (AvgIpc) is 2.40. The molecule has 1 aromatic rings. The molecule has 0 aliphatic heterocycles. The van der Waals surface area contributed by atoms with Gasteiger partial charge < -0.3 is 9.47 Å². The van der Waals surface area contributed by atoms with Gasteiger partial charge in [-0.2, -0.15) is 0 Å². The first kappa shape index (κ1) is 16.3. The molecule has 0 radical (unpaired) electrons. The second-order valence-electron chi connectivity index (χ2n) is 5.58. The maximum absolute atomic E-state index is 6.20. The van der Waals surface area contributed by atoms with E-state index in [-0.39, 0.29) is 12.2 Å². The van der Waals surface area contributed by atoms with Crippen LogP contribution in [-0.2, 0) is 4.74 Å². The van der Waals surface area contributed by atoms with Crippen LogP contribution in [0.5, 0.6) is 5.75 Å². The van der Waals surface area contributed by atoms with Crippen molar-refractivity contribution in [3.05, 3.63) is 28.2 Å². The van der Waals surface area contributed by atoms with Crippen molar-refractivity contribution in [3.63, 3.8) is 0 Å². The predicted molar refractivity (Wildman–Crippen MR) is 90.0 cm³/mol. The Morgan fingerprint density at radius 2 is 2.10 bits per heavy atom. The van der Waals surface area contributed by atoms with Gasteiger partial charge in [-0.3, -0.25) is 0 Å². The first-order chi connectivity index (χ1) is 9.52. The molecule has 1 aliphatic rings. The van der Waals surface area contributed by atoms with Gasteiger partial charge in [-0.25, -0.2) is 0 Å². The number of hydrogen-bond donors (Lipinski definition) is 0. The van der Waals surface area contributed by atoms with Crippen molar-refractivity contribution in [1.29, 1.82) is 0 Å². The molecule has 0 saturated heterocycles. The molecule has 112 valence electrons. The van der Waals surface area contributed by atoms with Crippen molar-refractivity contribution in [2.24, 2.45) is 0 Å². The van der Waals surface area contributed by atoms with Crippen LogP contribution in [0, 0.1) is 0 Å². The lowest BCUT2D eigenvalue weighted by Gasteiger charge is -2.41. The summed E-state index contributed by atoms with van der Waals surface area (Å²) in [5, 5.41) is 0. The number of benzene rings is 1. The van der Waals surface area contributed by atoms with E-state index in [1.807, 2.05) is 6.07 Å². The Balaban J connectivity index is 2.06. The highest BCUT2D eigenvalue weighted by molar-refractivity contribution is 9.10. The maximum atomic E-state index is 6.20. The molecular formula is C16H22Br2O2. The molecular weight excluding hydrogens is 384 g/mol. The molecule has 0 bridgehead atoms. The smallest absolute Gasteiger partial charge is 0.127 e. The van der Waals surface area contributed by atoms with Gasteiger partial charge in [0.05, 0.1) is 0 Å². The fraction of sp³-hybridized carbons (Fsp3) is 0.625. The summed E-state index contributed by atoms with van der Waals surface area (Å²) >= 11 is 7.19. The molecule has 1 aliphatic carbocycles. The molecule has 1 fully saturated rings. The predicted octanol–water partition coefficient (Wildman–Crippen LogP) is 5.28. The summed E-state index contributed by atoms with van der Waals surface area (Å²) in [5.74, 6) is 1.43. The quantitative estimate of drug-likeness (QED) is 0.599. The lowest BCUT2D eigenvalue weighted by molar-refractivity contribution is -0.0765. The van der Waals surface area contributed by atoms with Crippen molar-refractivity contribution >= 4 is 31.9 Å². The Hall–Kier alpha value is -0.0600. The molecule has 20 heavy (non-hydrogen) atoms. The highest BCUT2D eigenvalue weighted by Gasteiger charge is 2.42. The molecule has 4 heteroatoms. The highest BCUT2D eigenvalue weighted by Crippen LogP contribution is 2.37. The van der Waals surface area contributed by atoms with E-state index >= 15 is 0 Å². The third kappa shape index (κ3) is 3.77. The summed E-state index contributed by atoms with van der Waals surface area (Å²) in [5.41, 5.74) is 1.24. The minimum Gasteiger partial charge on any atom is -0.487 e. The summed E-state index contributed by atoms with van der Waals surface area (Å²) in [6.07, 6.45) is 2.36. The Morgan fingerprint density at radius 1 is 1.35 bits per heavy atom. The fourth-order valence-corrected chi connectivity index (χ4v) is 3.59. The normalized spacial score (nSPS) is 25.6. The Labute approximate surface area is 138 Å². The summed E-state index contributed by atoms with van der Waals surface area (Å²) < 4.78 is 13.2. The van der Waals surface area contributed by atoms with Gasteiger partial charge in [-0.05, 0) is 36.1 Å². The monoisotopic (exact) mass is 404 g/mol. The van der Waals surface area contributed by atoms with E-state index in [0.29, 0.717) is 10.7 Å². The molecule has 1 aromatic carbocycles. The van der Waals surface area contributed by atoms with Crippen molar-refractivity contribution in [2.75, 3.05) is 6.61 Å². The average molecular weight is 406 g/mol. The van der Waals surface area contributed by atoms with Crippen molar-refractivity contribution < 1.29 is 9.47 Å². The number of halogens is 2. The zero-order chi connectivity index (χ0) is 14.7. The van der Waals surface area contributed by atoms with Crippen LogP contribution in [0.15, 0.2) is 22.7 Å². The van der Waals surface area contributed by atoms with E-state index in [2.05, 4.69) is 64.8 Å². The third-order valence-electron chi connectivity index (χ3n) is 3.57. The van der Waals surface area contributed by atoms with Gasteiger partial charge >= 0.3 is 0 Å². The Morgan fingerprint density at radius 3 is 2.70 bits per heavy atom. The van der Waals surface area contributed by atoms with E-state index in [1.54, 1.807) is 0 Å². The van der Waals surface area contributed by atoms with Gasteiger partial charge in [-0.15, -0.1) is 0 Å². The van der Waals surface area contributed by atoms with E-state index in [9.17, 15) is 0 Å². The van der Waals surface area contributed by atoms with E-state index in [1.165, 1.54) is 5.56 Å². The second-order valence-corrected chi connectivity index (χ2v) is 7.67. The maximum Gasteiger partial charge on any atom is 0.127 e. The first-order valence-electron chi connectivity index (χ1n) is 7.24. The van der Waals surface area contributed by atoms with E-state index in [4.69, 9.17) is 9.47 Å². The van der Waals surface area contributed by atoms with E-state index in [0.717, 1.165) is 29.7 Å². The van der Waals surface area contributed by atoms with Gasteiger partial charge in [0.15, 0.2) is 0 Å². The molecule has 3 atom stereocenters. The standard InChI is InChI=1S/C16H22Br2O2/c1-4-7-19-16-13(18)9-15(16)20-14-6-5-11(17)8-12(14)10(2)3/h5-6,8,10,13,15-16H,4,7,9H2,1-3H3. The van der Waals surface area contributed by atoms with Gasteiger partial charge in [0.2, 0.25) is 0 Å². The molecule has 1 saturated carbocycles. The summed E-state index contributed by atoms with van der Waals surface area (Å²) in [6.45, 7) is 7.30. The topological polar surface area (TPSA) is 18.5 Å². The van der Waals surface area contributed by atoms with Crippen molar-refractivity contribution in [2.45, 2.75) is 56.6 Å². The number of rotatable bonds is 6. The second kappa shape index (κ2) is 7.28. The SMILES string of the molecule is CCCOC1C(Br)CC1Oc1ccc(Br)cc1C(C)C. The molecule has 0 aromatic heterocycles. The van der Waals surface area contributed by atoms with Crippen LogP contribution in [0.2, 0.25) is 0 Å². The largest absolute Gasteiger partial charge is 0.487 e. The zero-order valence-electron chi connectivity index (χ0n) is 12.2. The Kier molecular flexibility index (Phi) is 5.94. The van der Waals surface area contributed by atoms with Crippen molar-refractivity contribution in [3.8, 4) is 5.75 Å². The minimum absolute atomic E-state index is 0.157. The van der Waals surface area contributed by atoms with Crippen LogP contribution < -0.4 is 4.74 Å². The summed E-state index contributed by atoms with van der Waals surface area (Å²) in [7, 11) is 0. The first-order valence-corrected chi connectivity index (χ1v) is 8.95. The minimum atomic E-state index is 0.157. The molecule has 2 nitrogen and oxygen atoms in total. The summed E-state index contributed by atoms with van der Waals surface area (Å²) in [4.78, 5) is 0.414. The number of alkyl halides is 1. The number of hydrogen-bond acceptors (Lipinski definition) is 2. The molecule has 0 spiro atoms. The summed E-state index contributed by atoms with van der Waals surface area (Å²) in [6, 6.07) is 6.23. The molecule has 0 amide bonds. The van der Waals surface area contributed by atoms with Gasteiger partial charge in [0.1, 0.15) is 18.0 Å². The lowest BCUT2D eigenvalue weighted by Crippen LogP contribution is -2.52. The third-order valence-corrected chi connectivity index (χ3v) is 4.96. The fourth-order valence-electron chi connectivity index (χ4n) is 2.35. The zero-order valence-corrected chi connectivity index (χ0v) is 15.4. The number of ether oxygens (including phenoxy) is 2.